The van der Waals surface area contributed by atoms with Gasteiger partial charge in [-0.25, -0.2) is 0 Å². The van der Waals surface area contributed by atoms with Crippen LogP contribution in [0, 0.1) is 0 Å². The lowest BCUT2D eigenvalue weighted by Gasteiger charge is -1.90. The van der Waals surface area contributed by atoms with Crippen molar-refractivity contribution in [1.82, 2.24) is 4.90 Å². The lowest BCUT2D eigenvalue weighted by Crippen LogP contribution is -1.99. The van der Waals surface area contributed by atoms with Gasteiger partial charge in [-0.05, 0) is 32.7 Å². The second kappa shape index (κ2) is 6.92. The molecule has 0 aliphatic carbocycles. The van der Waals surface area contributed by atoms with Gasteiger partial charge in [-0.1, -0.05) is 0 Å². The van der Waals surface area contributed by atoms with Crippen LogP contribution in [0.15, 0.2) is 0 Å². The Morgan fingerprint density at radius 2 is 1.38 bits per heavy atom. The summed E-state index contributed by atoms with van der Waals surface area (Å²) < 4.78 is 0. The van der Waals surface area contributed by atoms with Gasteiger partial charge in [0.05, 0.1) is 0 Å². The van der Waals surface area contributed by atoms with Crippen LogP contribution in [-0.4, -0.2) is 31.3 Å². The van der Waals surface area contributed by atoms with E-state index in [4.69, 9.17) is 0 Å². The molecule has 0 heterocycles. The number of rotatable bonds is 0. The predicted octanol–water partition coefficient (Wildman–Crippen LogP) is 0.950. The molecule has 0 radical (unpaired) electrons. The van der Waals surface area contributed by atoms with E-state index >= 15 is 0 Å². The fraction of sp³-hybridized carbons (Fsp3) is 0.800. The second-order valence-corrected chi connectivity index (χ2v) is 2.34. The molecule has 0 unspecified atom stereocenters. The van der Waals surface area contributed by atoms with Gasteiger partial charge >= 0.3 is 0 Å². The van der Waals surface area contributed by atoms with E-state index < -0.39 is 0 Å². The van der Waals surface area contributed by atoms with Crippen LogP contribution in [0.4, 0.5) is 0 Å². The molecule has 0 aromatic carbocycles. The molecule has 0 N–H and O–H groups in total. The summed E-state index contributed by atoms with van der Waals surface area (Å²) in [4.78, 5) is 11.2. The van der Waals surface area contributed by atoms with Crippen LogP contribution in [0.5, 0.6) is 0 Å². The van der Waals surface area contributed by atoms with Crippen LogP contribution < -0.4 is 0 Å². The molecule has 2 nitrogen and oxygen atoms in total. The van der Waals surface area contributed by atoms with Gasteiger partial charge in [-0.2, -0.15) is 0 Å². The van der Waals surface area contributed by atoms with E-state index in [1.807, 2.05) is 26.0 Å². The van der Waals surface area contributed by atoms with E-state index in [1.54, 1.807) is 0 Å². The third-order valence-electron chi connectivity index (χ3n) is 0. The summed E-state index contributed by atoms with van der Waals surface area (Å²) in [5.74, 6) is 0. The van der Waals surface area contributed by atoms with Crippen molar-refractivity contribution in [3.8, 4) is 0 Å². The van der Waals surface area contributed by atoms with Crippen LogP contribution in [0.3, 0.4) is 0 Å². The molecule has 0 bridgehead atoms. The van der Waals surface area contributed by atoms with E-state index in [0.717, 1.165) is 0 Å². The molecule has 0 amide bonds. The number of hydrogen-bond donors (Lipinski definition) is 0. The lowest BCUT2D eigenvalue weighted by molar-refractivity contribution is -0.109. The summed E-state index contributed by atoms with van der Waals surface area (Å²) in [7, 11) is 6.00. The van der Waals surface area contributed by atoms with Crippen molar-refractivity contribution in [2.24, 2.45) is 0 Å². The number of nitrogens with zero attached hydrogens (tertiary/aromatic N) is 1. The number of carbonyl (C=O) groups is 1. The van der Waals surface area contributed by atoms with Gasteiger partial charge in [0.25, 0.3) is 0 Å². The summed E-state index contributed by atoms with van der Waals surface area (Å²) in [6.07, 6.45) is 0. The van der Waals surface area contributed by atoms with Crippen molar-refractivity contribution in [2.75, 3.05) is 21.1 Å². The molecule has 0 aliphatic heterocycles. The minimum atomic E-state index is -0.361. The first-order valence-electron chi connectivity index (χ1n) is 2.23. The van der Waals surface area contributed by atoms with Gasteiger partial charge in [0.1, 0.15) is 0 Å². The average molecular weight is 138 g/mol. The normalized spacial score (nSPS) is 7.75. The van der Waals surface area contributed by atoms with Gasteiger partial charge in [-0.15, -0.1) is 0 Å². The largest absolute Gasteiger partial charge is 0.312 e. The molecule has 0 atom stereocenters. The third kappa shape index (κ3) is 22400. The Labute approximate surface area is 55.4 Å². The highest BCUT2D eigenvalue weighted by atomic mass is 35.5. The average Bonchev–Trinajstić information content (AvgIpc) is 1.25. The molecule has 0 saturated carbocycles. The molecule has 0 aliphatic rings. The van der Waals surface area contributed by atoms with E-state index in [9.17, 15) is 4.79 Å². The van der Waals surface area contributed by atoms with Gasteiger partial charge in [0, 0.05) is 6.92 Å². The summed E-state index contributed by atoms with van der Waals surface area (Å²) in [6, 6.07) is 0. The third-order valence-corrected chi connectivity index (χ3v) is 0. The van der Waals surface area contributed by atoms with E-state index in [-0.39, 0.29) is 5.24 Å². The molecule has 0 aromatic rings. The topological polar surface area (TPSA) is 20.3 Å². The van der Waals surface area contributed by atoms with Gasteiger partial charge in [0.15, 0.2) is 0 Å². The van der Waals surface area contributed by atoms with Crippen LogP contribution >= 0.6 is 11.6 Å². The SMILES string of the molecule is CC(=O)Cl.CN(C)C. The molecule has 50 valence electrons. The van der Waals surface area contributed by atoms with Crippen molar-refractivity contribution >= 4 is 16.8 Å². The van der Waals surface area contributed by atoms with Crippen LogP contribution in [0.25, 0.3) is 0 Å². The molecule has 3 heteroatoms. The Balaban J connectivity index is 0. The van der Waals surface area contributed by atoms with Crippen molar-refractivity contribution in [1.29, 1.82) is 0 Å². The number of hydrogen-bond acceptors (Lipinski definition) is 2. The first kappa shape index (κ1) is 10.8. The van der Waals surface area contributed by atoms with Crippen molar-refractivity contribution < 1.29 is 4.79 Å². The maximum absolute atomic E-state index is 9.21. The Bertz CT molecular complexity index is 56.7. The van der Waals surface area contributed by atoms with Crippen molar-refractivity contribution in [3.63, 3.8) is 0 Å². The highest BCUT2D eigenvalue weighted by Gasteiger charge is 1.67. The maximum Gasteiger partial charge on any atom is 0.218 e. The Morgan fingerprint density at radius 3 is 1.38 bits per heavy atom. The summed E-state index contributed by atoms with van der Waals surface area (Å²) >= 11 is 4.64. The molecule has 0 fully saturated rings. The number of carbonyl (C=O) groups excluding carboxylic acids is 1. The van der Waals surface area contributed by atoms with Crippen molar-refractivity contribution in [3.05, 3.63) is 0 Å². The molecule has 0 rings (SSSR count). The summed E-state index contributed by atoms with van der Waals surface area (Å²) in [5.41, 5.74) is 0. The predicted molar refractivity (Wildman–Crippen MR) is 36.1 cm³/mol. The summed E-state index contributed by atoms with van der Waals surface area (Å²) in [6.45, 7) is 1.29. The highest BCUT2D eigenvalue weighted by molar-refractivity contribution is 6.62. The first-order valence-corrected chi connectivity index (χ1v) is 2.61. The Kier molecular flexibility index (Phi) is 9.36. The first-order chi connectivity index (χ1) is 3.46. The fourth-order valence-corrected chi connectivity index (χ4v) is 0. The monoisotopic (exact) mass is 137 g/mol. The smallest absolute Gasteiger partial charge is 0.218 e. The van der Waals surface area contributed by atoms with Crippen LogP contribution in [0.1, 0.15) is 6.92 Å². The fourth-order valence-electron chi connectivity index (χ4n) is 0. The molecule has 0 spiro atoms. The van der Waals surface area contributed by atoms with Gasteiger partial charge in [0.2, 0.25) is 5.24 Å². The van der Waals surface area contributed by atoms with Crippen LogP contribution in [-0.2, 0) is 4.79 Å². The quantitative estimate of drug-likeness (QED) is 0.464. The van der Waals surface area contributed by atoms with E-state index in [0.29, 0.717) is 0 Å². The maximum atomic E-state index is 9.21. The highest BCUT2D eigenvalue weighted by Crippen LogP contribution is 1.67. The van der Waals surface area contributed by atoms with Crippen LogP contribution in [0.2, 0.25) is 0 Å². The Hall–Kier alpha value is -0.0800. The standard InChI is InChI=1S/C3H9N.C2H3ClO/c1-4(2)3;1-2(3)4/h1-3H3;1H3. The zero-order valence-electron chi connectivity index (χ0n) is 5.73. The van der Waals surface area contributed by atoms with Gasteiger partial charge < -0.3 is 4.90 Å². The zero-order chi connectivity index (χ0) is 7.15. The lowest BCUT2D eigenvalue weighted by atomic mass is 10.9. The summed E-state index contributed by atoms with van der Waals surface area (Å²) in [5, 5.41) is -0.361. The van der Waals surface area contributed by atoms with E-state index in [1.165, 1.54) is 6.92 Å². The van der Waals surface area contributed by atoms with Crippen molar-refractivity contribution in [2.45, 2.75) is 6.92 Å². The molecular weight excluding hydrogens is 126 g/mol. The number of halogens is 1. The minimum absolute atomic E-state index is 0.361. The molecular formula is C5H12ClNO. The second-order valence-electron chi connectivity index (χ2n) is 1.81. The van der Waals surface area contributed by atoms with E-state index in [2.05, 4.69) is 11.6 Å². The Morgan fingerprint density at radius 1 is 1.38 bits per heavy atom. The minimum Gasteiger partial charge on any atom is -0.312 e. The van der Waals surface area contributed by atoms with Gasteiger partial charge in [-0.3, -0.25) is 4.79 Å². The molecule has 8 heavy (non-hydrogen) atoms. The zero-order valence-corrected chi connectivity index (χ0v) is 6.49. The molecule has 0 saturated heterocycles. The molecule has 0 aromatic heterocycles.